The standard InChI is InChI=1S/C12H15F2NO/c1-4-12(13,14)10-7-5-6-8-11(10)15(3)9(2)16/h5-8H,4H2,1-3H3. The molecule has 2 nitrogen and oxygen atoms in total. The molecule has 88 valence electrons. The topological polar surface area (TPSA) is 20.3 Å². The lowest BCUT2D eigenvalue weighted by Crippen LogP contribution is -2.26. The summed E-state index contributed by atoms with van der Waals surface area (Å²) in [5, 5.41) is 0. The highest BCUT2D eigenvalue weighted by Gasteiger charge is 2.32. The number of amides is 1. The van der Waals surface area contributed by atoms with Gasteiger partial charge in [-0.2, -0.15) is 0 Å². The van der Waals surface area contributed by atoms with Crippen LogP contribution in [0.4, 0.5) is 14.5 Å². The van der Waals surface area contributed by atoms with Crippen LogP contribution in [0.5, 0.6) is 0 Å². The van der Waals surface area contributed by atoms with Crippen LogP contribution in [-0.4, -0.2) is 13.0 Å². The van der Waals surface area contributed by atoms with Gasteiger partial charge in [0.1, 0.15) is 0 Å². The third kappa shape index (κ3) is 2.38. The molecule has 1 aromatic rings. The average molecular weight is 227 g/mol. The molecule has 1 aromatic carbocycles. The lowest BCUT2D eigenvalue weighted by atomic mass is 10.0. The third-order valence-corrected chi connectivity index (χ3v) is 2.58. The molecule has 0 saturated carbocycles. The zero-order valence-corrected chi connectivity index (χ0v) is 9.63. The van der Waals surface area contributed by atoms with E-state index >= 15 is 0 Å². The summed E-state index contributed by atoms with van der Waals surface area (Å²) < 4.78 is 27.3. The Kier molecular flexibility index (Phi) is 3.62. The Morgan fingerprint density at radius 1 is 1.38 bits per heavy atom. The second kappa shape index (κ2) is 4.60. The van der Waals surface area contributed by atoms with Crippen molar-refractivity contribution in [2.24, 2.45) is 0 Å². The summed E-state index contributed by atoms with van der Waals surface area (Å²) in [5.41, 5.74) is 0.164. The van der Waals surface area contributed by atoms with Crippen LogP contribution in [-0.2, 0) is 10.7 Å². The minimum atomic E-state index is -2.90. The summed E-state index contributed by atoms with van der Waals surface area (Å²) in [6.45, 7) is 2.77. The van der Waals surface area contributed by atoms with Gasteiger partial charge in [-0.3, -0.25) is 4.79 Å². The van der Waals surface area contributed by atoms with E-state index < -0.39 is 5.92 Å². The van der Waals surface area contributed by atoms with Crippen molar-refractivity contribution in [2.45, 2.75) is 26.2 Å². The van der Waals surface area contributed by atoms with Crippen LogP contribution in [0, 0.1) is 0 Å². The fourth-order valence-electron chi connectivity index (χ4n) is 1.44. The summed E-state index contributed by atoms with van der Waals surface area (Å²) in [5.74, 6) is -3.17. The van der Waals surface area contributed by atoms with Gasteiger partial charge in [-0.1, -0.05) is 25.1 Å². The number of hydrogen-bond donors (Lipinski definition) is 0. The Hall–Kier alpha value is -1.45. The molecule has 0 unspecified atom stereocenters. The largest absolute Gasteiger partial charge is 0.315 e. The molecule has 0 bridgehead atoms. The number of nitrogens with zero attached hydrogens (tertiary/aromatic N) is 1. The van der Waals surface area contributed by atoms with E-state index in [1.54, 1.807) is 12.1 Å². The van der Waals surface area contributed by atoms with Crippen LogP contribution in [0.15, 0.2) is 24.3 Å². The highest BCUT2D eigenvalue weighted by molar-refractivity contribution is 5.91. The third-order valence-electron chi connectivity index (χ3n) is 2.58. The van der Waals surface area contributed by atoms with Crippen LogP contribution in [0.2, 0.25) is 0 Å². The maximum atomic E-state index is 13.6. The van der Waals surface area contributed by atoms with Crippen molar-refractivity contribution >= 4 is 11.6 Å². The van der Waals surface area contributed by atoms with Crippen LogP contribution < -0.4 is 4.90 Å². The van der Waals surface area contributed by atoms with Crippen LogP contribution >= 0.6 is 0 Å². The first-order chi connectivity index (χ1) is 7.40. The molecule has 0 saturated heterocycles. The van der Waals surface area contributed by atoms with E-state index in [1.165, 1.54) is 37.9 Å². The number of hydrogen-bond acceptors (Lipinski definition) is 1. The molecule has 0 aliphatic rings. The summed E-state index contributed by atoms with van der Waals surface area (Å²) >= 11 is 0. The summed E-state index contributed by atoms with van der Waals surface area (Å²) in [4.78, 5) is 12.4. The van der Waals surface area contributed by atoms with Gasteiger partial charge in [-0.15, -0.1) is 0 Å². The highest BCUT2D eigenvalue weighted by Crippen LogP contribution is 2.37. The van der Waals surface area contributed by atoms with Crippen molar-refractivity contribution < 1.29 is 13.6 Å². The molecule has 0 aromatic heterocycles. The molecule has 0 N–H and O–H groups in total. The molecule has 0 aliphatic carbocycles. The van der Waals surface area contributed by atoms with Crippen molar-refractivity contribution in [2.75, 3.05) is 11.9 Å². The molecular formula is C12H15F2NO. The molecule has 1 amide bonds. The van der Waals surface area contributed by atoms with Crippen LogP contribution in [0.1, 0.15) is 25.8 Å². The second-order valence-corrected chi connectivity index (χ2v) is 3.65. The maximum Gasteiger partial charge on any atom is 0.275 e. The van der Waals surface area contributed by atoms with Gasteiger partial charge in [0.15, 0.2) is 0 Å². The molecule has 1 rings (SSSR count). The van der Waals surface area contributed by atoms with E-state index in [4.69, 9.17) is 0 Å². The Bertz CT molecular complexity index is 390. The maximum absolute atomic E-state index is 13.6. The van der Waals surface area contributed by atoms with Crippen LogP contribution in [0.25, 0.3) is 0 Å². The van der Waals surface area contributed by atoms with Gasteiger partial charge in [0, 0.05) is 26.0 Å². The predicted molar refractivity (Wildman–Crippen MR) is 59.7 cm³/mol. The van der Waals surface area contributed by atoms with Crippen molar-refractivity contribution in [3.05, 3.63) is 29.8 Å². The Labute approximate surface area is 93.9 Å². The van der Waals surface area contributed by atoms with Crippen molar-refractivity contribution in [3.8, 4) is 0 Å². The summed E-state index contributed by atoms with van der Waals surface area (Å²) in [7, 11) is 1.49. The number of alkyl halides is 2. The van der Waals surface area contributed by atoms with E-state index in [1.807, 2.05) is 0 Å². The zero-order chi connectivity index (χ0) is 12.3. The van der Waals surface area contributed by atoms with Gasteiger partial charge in [-0.05, 0) is 6.07 Å². The molecule has 4 heteroatoms. The zero-order valence-electron chi connectivity index (χ0n) is 9.63. The highest BCUT2D eigenvalue weighted by atomic mass is 19.3. The first kappa shape index (κ1) is 12.6. The summed E-state index contributed by atoms with van der Waals surface area (Å²) in [6, 6.07) is 6.08. The molecule has 0 spiro atoms. The SMILES string of the molecule is CCC(F)(F)c1ccccc1N(C)C(C)=O. The van der Waals surface area contributed by atoms with E-state index in [0.717, 1.165) is 0 Å². The first-order valence-corrected chi connectivity index (χ1v) is 5.11. The molecule has 0 atom stereocenters. The smallest absolute Gasteiger partial charge is 0.275 e. The summed E-state index contributed by atoms with van der Waals surface area (Å²) in [6.07, 6.45) is -0.282. The van der Waals surface area contributed by atoms with Gasteiger partial charge in [0.2, 0.25) is 5.91 Å². The lowest BCUT2D eigenvalue weighted by molar-refractivity contribution is -0.116. The van der Waals surface area contributed by atoms with E-state index in [9.17, 15) is 13.6 Å². The average Bonchev–Trinajstić information content (AvgIpc) is 2.28. The van der Waals surface area contributed by atoms with Gasteiger partial charge in [0.25, 0.3) is 5.92 Å². The molecule has 0 aliphatic heterocycles. The molecule has 16 heavy (non-hydrogen) atoms. The Morgan fingerprint density at radius 2 is 1.94 bits per heavy atom. The fraction of sp³-hybridized carbons (Fsp3) is 0.417. The number of carbonyl (C=O) groups is 1. The fourth-order valence-corrected chi connectivity index (χ4v) is 1.44. The quantitative estimate of drug-likeness (QED) is 0.776. The lowest BCUT2D eigenvalue weighted by Gasteiger charge is -2.23. The van der Waals surface area contributed by atoms with Crippen molar-refractivity contribution in [1.82, 2.24) is 0 Å². The predicted octanol–water partition coefficient (Wildman–Crippen LogP) is 3.17. The normalized spacial score (nSPS) is 11.3. The van der Waals surface area contributed by atoms with Crippen LogP contribution in [0.3, 0.4) is 0 Å². The number of halogens is 2. The number of para-hydroxylation sites is 1. The van der Waals surface area contributed by atoms with E-state index in [0.29, 0.717) is 0 Å². The number of rotatable bonds is 3. The number of anilines is 1. The first-order valence-electron chi connectivity index (χ1n) is 5.11. The Balaban J connectivity index is 3.25. The molecular weight excluding hydrogens is 212 g/mol. The molecule has 0 heterocycles. The van der Waals surface area contributed by atoms with E-state index in [-0.39, 0.29) is 23.6 Å². The van der Waals surface area contributed by atoms with Gasteiger partial charge >= 0.3 is 0 Å². The van der Waals surface area contributed by atoms with Crippen molar-refractivity contribution in [1.29, 1.82) is 0 Å². The molecule has 0 fully saturated rings. The number of carbonyl (C=O) groups excluding carboxylic acids is 1. The minimum absolute atomic E-state index is 0.102. The van der Waals surface area contributed by atoms with Gasteiger partial charge in [-0.25, -0.2) is 8.78 Å². The number of benzene rings is 1. The van der Waals surface area contributed by atoms with E-state index in [2.05, 4.69) is 0 Å². The van der Waals surface area contributed by atoms with Crippen molar-refractivity contribution in [3.63, 3.8) is 0 Å². The monoisotopic (exact) mass is 227 g/mol. The van der Waals surface area contributed by atoms with Gasteiger partial charge < -0.3 is 4.90 Å². The van der Waals surface area contributed by atoms with Gasteiger partial charge in [0.05, 0.1) is 5.69 Å². The Morgan fingerprint density at radius 3 is 2.44 bits per heavy atom. The minimum Gasteiger partial charge on any atom is -0.315 e. The molecule has 0 radical (unpaired) electrons. The second-order valence-electron chi connectivity index (χ2n) is 3.65.